The third-order valence-corrected chi connectivity index (χ3v) is 4.72. The van der Waals surface area contributed by atoms with E-state index in [0.29, 0.717) is 23.9 Å². The van der Waals surface area contributed by atoms with Crippen LogP contribution in [0.15, 0.2) is 0 Å². The predicted octanol–water partition coefficient (Wildman–Crippen LogP) is 2.25. The molecule has 0 bridgehead atoms. The van der Waals surface area contributed by atoms with E-state index in [2.05, 4.69) is 31.0 Å². The first-order valence-electron chi connectivity index (χ1n) is 8.25. The van der Waals surface area contributed by atoms with Gasteiger partial charge in [-0.2, -0.15) is 0 Å². The van der Waals surface area contributed by atoms with Crippen molar-refractivity contribution in [3.05, 3.63) is 0 Å². The molecule has 1 heterocycles. The molecule has 2 aliphatic rings. The zero-order valence-corrected chi connectivity index (χ0v) is 12.9. The normalized spacial score (nSPS) is 30.8. The molecular formula is C16H32N2O. The molecule has 0 aromatic heterocycles. The van der Waals surface area contributed by atoms with Crippen molar-refractivity contribution < 1.29 is 5.11 Å². The second-order valence-electron chi connectivity index (χ2n) is 6.94. The first kappa shape index (κ1) is 15.3. The Labute approximate surface area is 118 Å². The highest BCUT2D eigenvalue weighted by atomic mass is 16.3. The van der Waals surface area contributed by atoms with Crippen LogP contribution >= 0.6 is 0 Å². The van der Waals surface area contributed by atoms with E-state index in [9.17, 15) is 5.11 Å². The van der Waals surface area contributed by atoms with Crippen molar-refractivity contribution in [1.29, 1.82) is 0 Å². The first-order valence-corrected chi connectivity index (χ1v) is 8.25. The SMILES string of the molecule is CCCNC1CC(CC(O)C2CC2)CN(C(C)C)C1. The molecule has 2 rings (SSSR count). The summed E-state index contributed by atoms with van der Waals surface area (Å²) < 4.78 is 0. The molecule has 3 unspecified atom stereocenters. The summed E-state index contributed by atoms with van der Waals surface area (Å²) in [7, 11) is 0. The number of piperidine rings is 1. The maximum absolute atomic E-state index is 10.2. The molecule has 1 saturated heterocycles. The number of nitrogens with zero attached hydrogens (tertiary/aromatic N) is 1. The fourth-order valence-corrected chi connectivity index (χ4v) is 3.34. The van der Waals surface area contributed by atoms with Crippen LogP contribution < -0.4 is 5.32 Å². The van der Waals surface area contributed by atoms with Gasteiger partial charge in [-0.1, -0.05) is 6.92 Å². The van der Waals surface area contributed by atoms with Gasteiger partial charge in [0.05, 0.1) is 6.10 Å². The van der Waals surface area contributed by atoms with Crippen LogP contribution in [0.4, 0.5) is 0 Å². The van der Waals surface area contributed by atoms with Crippen molar-refractivity contribution in [3.8, 4) is 0 Å². The lowest BCUT2D eigenvalue weighted by atomic mass is 9.87. The summed E-state index contributed by atoms with van der Waals surface area (Å²) in [6, 6.07) is 1.24. The fourth-order valence-electron chi connectivity index (χ4n) is 3.34. The third kappa shape index (κ3) is 4.73. The van der Waals surface area contributed by atoms with Gasteiger partial charge in [0.25, 0.3) is 0 Å². The van der Waals surface area contributed by atoms with E-state index in [1.165, 1.54) is 38.8 Å². The maximum Gasteiger partial charge on any atom is 0.0571 e. The lowest BCUT2D eigenvalue weighted by Crippen LogP contribution is -2.52. The molecular weight excluding hydrogens is 236 g/mol. The van der Waals surface area contributed by atoms with Crippen molar-refractivity contribution in [1.82, 2.24) is 10.2 Å². The number of aliphatic hydroxyl groups excluding tert-OH is 1. The molecule has 0 radical (unpaired) electrons. The average Bonchev–Trinajstić information content (AvgIpc) is 3.20. The minimum absolute atomic E-state index is 0.0380. The van der Waals surface area contributed by atoms with Crippen molar-refractivity contribution >= 4 is 0 Å². The van der Waals surface area contributed by atoms with E-state index in [1.54, 1.807) is 0 Å². The predicted molar refractivity (Wildman–Crippen MR) is 80.2 cm³/mol. The van der Waals surface area contributed by atoms with Gasteiger partial charge in [0.1, 0.15) is 0 Å². The van der Waals surface area contributed by atoms with Crippen LogP contribution in [0.5, 0.6) is 0 Å². The molecule has 19 heavy (non-hydrogen) atoms. The molecule has 2 N–H and O–H groups in total. The Balaban J connectivity index is 1.85. The van der Waals surface area contributed by atoms with Gasteiger partial charge < -0.3 is 10.4 Å². The Morgan fingerprint density at radius 2 is 2.00 bits per heavy atom. The van der Waals surface area contributed by atoms with Crippen LogP contribution in [0.25, 0.3) is 0 Å². The number of likely N-dealkylation sites (tertiary alicyclic amines) is 1. The summed E-state index contributed by atoms with van der Waals surface area (Å²) in [6.45, 7) is 10.3. The summed E-state index contributed by atoms with van der Waals surface area (Å²) in [6.07, 6.45) is 5.92. The van der Waals surface area contributed by atoms with Gasteiger partial charge in [0.2, 0.25) is 0 Å². The number of aliphatic hydroxyl groups is 1. The molecule has 2 fully saturated rings. The molecule has 3 atom stereocenters. The van der Waals surface area contributed by atoms with Gasteiger partial charge in [-0.05, 0) is 64.3 Å². The number of rotatable bonds is 7. The second kappa shape index (κ2) is 7.05. The van der Waals surface area contributed by atoms with Crippen LogP contribution in [0.2, 0.25) is 0 Å². The van der Waals surface area contributed by atoms with Gasteiger partial charge in [-0.15, -0.1) is 0 Å². The highest BCUT2D eigenvalue weighted by Gasteiger charge is 2.34. The lowest BCUT2D eigenvalue weighted by molar-refractivity contribution is 0.0625. The monoisotopic (exact) mass is 268 g/mol. The third-order valence-electron chi connectivity index (χ3n) is 4.72. The standard InChI is InChI=1S/C16H32N2O/c1-4-7-17-15-8-13(9-16(19)14-5-6-14)10-18(11-15)12(2)3/h12-17,19H,4-11H2,1-3H3. The molecule has 0 aromatic rings. The Kier molecular flexibility index (Phi) is 5.67. The van der Waals surface area contributed by atoms with Crippen LogP contribution in [0.1, 0.15) is 52.9 Å². The highest BCUT2D eigenvalue weighted by Crippen LogP contribution is 2.36. The molecule has 1 aliphatic carbocycles. The minimum Gasteiger partial charge on any atom is -0.393 e. The topological polar surface area (TPSA) is 35.5 Å². The van der Waals surface area contributed by atoms with Crippen LogP contribution in [0, 0.1) is 11.8 Å². The van der Waals surface area contributed by atoms with Crippen LogP contribution in [-0.2, 0) is 0 Å². The smallest absolute Gasteiger partial charge is 0.0571 e. The summed E-state index contributed by atoms with van der Waals surface area (Å²) in [5, 5.41) is 13.9. The van der Waals surface area contributed by atoms with Crippen LogP contribution in [-0.4, -0.2) is 47.8 Å². The second-order valence-corrected chi connectivity index (χ2v) is 6.94. The number of hydrogen-bond donors (Lipinski definition) is 2. The summed E-state index contributed by atoms with van der Waals surface area (Å²) in [5.74, 6) is 1.29. The van der Waals surface area contributed by atoms with Crippen molar-refractivity contribution in [2.24, 2.45) is 11.8 Å². The molecule has 0 aromatic carbocycles. The Bertz CT molecular complexity index is 263. The van der Waals surface area contributed by atoms with Gasteiger partial charge in [-0.3, -0.25) is 4.90 Å². The molecule has 3 heteroatoms. The van der Waals surface area contributed by atoms with E-state index in [1.807, 2.05) is 0 Å². The molecule has 0 spiro atoms. The van der Waals surface area contributed by atoms with Gasteiger partial charge >= 0.3 is 0 Å². The van der Waals surface area contributed by atoms with E-state index in [0.717, 1.165) is 13.0 Å². The lowest BCUT2D eigenvalue weighted by Gasteiger charge is -2.41. The van der Waals surface area contributed by atoms with Gasteiger partial charge in [0.15, 0.2) is 0 Å². The number of nitrogens with one attached hydrogen (secondary N) is 1. The highest BCUT2D eigenvalue weighted by molar-refractivity contribution is 4.89. The van der Waals surface area contributed by atoms with Crippen molar-refractivity contribution in [2.45, 2.75) is 71.1 Å². The average molecular weight is 268 g/mol. The minimum atomic E-state index is -0.0380. The van der Waals surface area contributed by atoms with Crippen molar-refractivity contribution in [2.75, 3.05) is 19.6 Å². The maximum atomic E-state index is 10.2. The van der Waals surface area contributed by atoms with E-state index < -0.39 is 0 Å². The van der Waals surface area contributed by atoms with Crippen LogP contribution in [0.3, 0.4) is 0 Å². The van der Waals surface area contributed by atoms with E-state index in [-0.39, 0.29) is 6.10 Å². The van der Waals surface area contributed by atoms with Gasteiger partial charge in [-0.25, -0.2) is 0 Å². The molecule has 0 amide bonds. The quantitative estimate of drug-likeness (QED) is 0.743. The molecule has 1 saturated carbocycles. The zero-order chi connectivity index (χ0) is 13.8. The summed E-state index contributed by atoms with van der Waals surface area (Å²) in [4.78, 5) is 2.58. The Morgan fingerprint density at radius 1 is 1.26 bits per heavy atom. The first-order chi connectivity index (χ1) is 9.10. The van der Waals surface area contributed by atoms with E-state index in [4.69, 9.17) is 0 Å². The Morgan fingerprint density at radius 3 is 2.58 bits per heavy atom. The Hall–Kier alpha value is -0.120. The van der Waals surface area contributed by atoms with Gasteiger partial charge in [0, 0.05) is 25.2 Å². The zero-order valence-electron chi connectivity index (χ0n) is 12.9. The summed E-state index contributed by atoms with van der Waals surface area (Å²) >= 11 is 0. The fraction of sp³-hybridized carbons (Fsp3) is 1.00. The molecule has 112 valence electrons. The largest absolute Gasteiger partial charge is 0.393 e. The van der Waals surface area contributed by atoms with E-state index >= 15 is 0 Å². The molecule has 3 nitrogen and oxygen atoms in total. The summed E-state index contributed by atoms with van der Waals surface area (Å²) in [5.41, 5.74) is 0. The number of hydrogen-bond acceptors (Lipinski definition) is 3. The van der Waals surface area contributed by atoms with Crippen molar-refractivity contribution in [3.63, 3.8) is 0 Å². The molecule has 1 aliphatic heterocycles.